The standard InChI is InChI=1S/C33H47N9O9/c1-21(2)48-18-27-26(50-22(3)4)16-30(51-27)42-17-24(31(35)39-33(42)45)8-6-11-37-28(43)19-46-13-14-47-29(40-41-36)20-49-25-9-5-7-23(15-25)32(44)38-12-10-34/h5,7,9,15,17,21-22,26-27,29-30H,10-14,16,18-20,34H2,1-4H3,(H,37,43)(H,38,44)(H2,35,39,45)/t26-,27-,29?,30-/m1/s1. The fourth-order valence-electron chi connectivity index (χ4n) is 4.68. The molecule has 18 heteroatoms. The van der Waals surface area contributed by atoms with Crippen molar-refractivity contribution in [3.05, 3.63) is 62.5 Å². The number of anilines is 1. The highest BCUT2D eigenvalue weighted by molar-refractivity contribution is 5.94. The molecule has 278 valence electrons. The van der Waals surface area contributed by atoms with Crippen LogP contribution in [0.4, 0.5) is 5.82 Å². The number of benzene rings is 1. The summed E-state index contributed by atoms with van der Waals surface area (Å²) in [6, 6.07) is 6.46. The maximum atomic E-state index is 12.7. The second-order valence-corrected chi connectivity index (χ2v) is 11.7. The number of nitrogen functional groups attached to an aromatic ring is 1. The Bertz CT molecular complexity index is 1600. The van der Waals surface area contributed by atoms with Crippen LogP contribution < -0.4 is 32.5 Å². The molecule has 6 N–H and O–H groups in total. The average molecular weight is 714 g/mol. The van der Waals surface area contributed by atoms with Gasteiger partial charge in [0.25, 0.3) is 5.91 Å². The summed E-state index contributed by atoms with van der Waals surface area (Å²) < 4.78 is 35.7. The summed E-state index contributed by atoms with van der Waals surface area (Å²) >= 11 is 0. The van der Waals surface area contributed by atoms with E-state index in [1.165, 1.54) is 10.8 Å². The Labute approximate surface area is 296 Å². The maximum Gasteiger partial charge on any atom is 0.351 e. The van der Waals surface area contributed by atoms with Crippen molar-refractivity contribution < 1.29 is 38.0 Å². The molecular formula is C33H47N9O9. The number of hydrogen-bond acceptors (Lipinski definition) is 13. The van der Waals surface area contributed by atoms with Gasteiger partial charge in [0, 0.05) is 36.2 Å². The van der Waals surface area contributed by atoms with Gasteiger partial charge in [-0.2, -0.15) is 4.98 Å². The van der Waals surface area contributed by atoms with E-state index in [4.69, 9.17) is 45.4 Å². The minimum atomic E-state index is -0.982. The molecule has 1 fully saturated rings. The number of nitrogens with two attached hydrogens (primary N) is 2. The summed E-state index contributed by atoms with van der Waals surface area (Å²) in [5.41, 5.74) is 20.3. The third-order valence-electron chi connectivity index (χ3n) is 6.98. The Hall–Kier alpha value is -4.73. The summed E-state index contributed by atoms with van der Waals surface area (Å²) in [4.78, 5) is 43.7. The molecule has 4 atom stereocenters. The Morgan fingerprint density at radius 3 is 2.73 bits per heavy atom. The molecule has 18 nitrogen and oxygen atoms in total. The first-order chi connectivity index (χ1) is 24.5. The van der Waals surface area contributed by atoms with Crippen molar-refractivity contribution in [1.82, 2.24) is 20.2 Å². The largest absolute Gasteiger partial charge is 0.491 e. The molecule has 2 heterocycles. The second kappa shape index (κ2) is 21.5. The van der Waals surface area contributed by atoms with Gasteiger partial charge in [-0.1, -0.05) is 23.0 Å². The lowest BCUT2D eigenvalue weighted by molar-refractivity contribution is -0.126. The molecule has 2 aromatic rings. The molecule has 3 rings (SSSR count). The molecule has 2 amide bonds. The molecule has 1 aromatic carbocycles. The summed E-state index contributed by atoms with van der Waals surface area (Å²) in [6.07, 6.45) is -0.425. The van der Waals surface area contributed by atoms with Crippen molar-refractivity contribution in [1.29, 1.82) is 0 Å². The van der Waals surface area contributed by atoms with Crippen molar-refractivity contribution in [3.63, 3.8) is 0 Å². The highest BCUT2D eigenvalue weighted by atomic mass is 16.6. The normalized spacial score (nSPS) is 17.4. The quantitative estimate of drug-likeness (QED) is 0.0497. The molecule has 1 unspecified atom stereocenters. The lowest BCUT2D eigenvalue weighted by atomic mass is 10.1. The van der Waals surface area contributed by atoms with E-state index in [0.29, 0.717) is 43.0 Å². The molecule has 1 saturated heterocycles. The molecule has 0 radical (unpaired) electrons. The number of ether oxygens (including phenoxy) is 6. The van der Waals surface area contributed by atoms with Crippen LogP contribution in [0.2, 0.25) is 0 Å². The van der Waals surface area contributed by atoms with Gasteiger partial charge >= 0.3 is 5.69 Å². The summed E-state index contributed by atoms with van der Waals surface area (Å²) in [5, 5.41) is 8.83. The molecule has 0 bridgehead atoms. The molecule has 0 saturated carbocycles. The fourth-order valence-corrected chi connectivity index (χ4v) is 4.68. The smallest absolute Gasteiger partial charge is 0.351 e. The zero-order valence-electron chi connectivity index (χ0n) is 29.3. The molecule has 51 heavy (non-hydrogen) atoms. The van der Waals surface area contributed by atoms with E-state index in [-0.39, 0.29) is 69.1 Å². The molecule has 1 aliphatic rings. The topological polar surface area (TPSA) is 249 Å². The number of hydrogen-bond donors (Lipinski definition) is 4. The van der Waals surface area contributed by atoms with Gasteiger partial charge < -0.3 is 50.5 Å². The van der Waals surface area contributed by atoms with E-state index >= 15 is 0 Å². The molecule has 0 spiro atoms. The van der Waals surface area contributed by atoms with Crippen LogP contribution in [0.15, 0.2) is 40.4 Å². The van der Waals surface area contributed by atoms with Gasteiger partial charge in [-0.3, -0.25) is 14.2 Å². The highest BCUT2D eigenvalue weighted by Gasteiger charge is 2.38. The first-order valence-corrected chi connectivity index (χ1v) is 16.5. The Morgan fingerprint density at radius 1 is 1.20 bits per heavy atom. The zero-order valence-corrected chi connectivity index (χ0v) is 29.3. The Kier molecular flexibility index (Phi) is 17.1. The number of aromatic nitrogens is 2. The number of nitrogens with one attached hydrogen (secondary N) is 2. The van der Waals surface area contributed by atoms with Gasteiger partial charge in [0.05, 0.1) is 50.2 Å². The number of carbonyl (C=O) groups excluding carboxylic acids is 2. The van der Waals surface area contributed by atoms with Crippen LogP contribution in [0.3, 0.4) is 0 Å². The number of amides is 2. The van der Waals surface area contributed by atoms with Crippen LogP contribution in [-0.4, -0.2) is 105 Å². The lowest BCUT2D eigenvalue weighted by Crippen LogP contribution is -2.32. The Balaban J connectivity index is 1.43. The average Bonchev–Trinajstić information content (AvgIpc) is 3.48. The molecule has 0 aliphatic carbocycles. The van der Waals surface area contributed by atoms with Crippen molar-refractivity contribution in [2.75, 3.05) is 58.4 Å². The van der Waals surface area contributed by atoms with Crippen LogP contribution in [0.5, 0.6) is 5.75 Å². The first kappa shape index (κ1) is 40.7. The number of rotatable bonds is 20. The van der Waals surface area contributed by atoms with E-state index in [0.717, 1.165) is 0 Å². The predicted octanol–water partition coefficient (Wildman–Crippen LogP) is 1.24. The van der Waals surface area contributed by atoms with Gasteiger partial charge in [0.15, 0.2) is 6.23 Å². The summed E-state index contributed by atoms with van der Waals surface area (Å²) in [7, 11) is 0. The van der Waals surface area contributed by atoms with Gasteiger partial charge in [-0.05, 0) is 51.4 Å². The van der Waals surface area contributed by atoms with Gasteiger partial charge in [0.1, 0.15) is 37.1 Å². The number of nitrogens with zero attached hydrogens (tertiary/aromatic N) is 5. The number of azide groups is 1. The van der Waals surface area contributed by atoms with E-state index in [2.05, 4.69) is 37.5 Å². The third-order valence-corrected chi connectivity index (χ3v) is 6.98. The van der Waals surface area contributed by atoms with E-state index in [9.17, 15) is 14.4 Å². The molecular weight excluding hydrogens is 666 g/mol. The predicted molar refractivity (Wildman–Crippen MR) is 185 cm³/mol. The van der Waals surface area contributed by atoms with E-state index in [1.807, 2.05) is 27.7 Å². The first-order valence-electron chi connectivity index (χ1n) is 16.5. The van der Waals surface area contributed by atoms with Crippen molar-refractivity contribution in [3.8, 4) is 17.6 Å². The second-order valence-electron chi connectivity index (χ2n) is 11.7. The van der Waals surface area contributed by atoms with Crippen LogP contribution in [0.1, 0.15) is 56.3 Å². The van der Waals surface area contributed by atoms with Gasteiger partial charge in [-0.15, -0.1) is 0 Å². The molecule has 1 aromatic heterocycles. The van der Waals surface area contributed by atoms with E-state index in [1.54, 1.807) is 24.3 Å². The van der Waals surface area contributed by atoms with Crippen LogP contribution >= 0.6 is 0 Å². The molecule has 1 aliphatic heterocycles. The van der Waals surface area contributed by atoms with Crippen LogP contribution in [0, 0.1) is 11.8 Å². The summed E-state index contributed by atoms with van der Waals surface area (Å²) in [5.74, 6) is 5.23. The lowest BCUT2D eigenvalue weighted by Gasteiger charge is -2.21. The third kappa shape index (κ3) is 14.2. The van der Waals surface area contributed by atoms with Crippen molar-refractivity contribution in [2.24, 2.45) is 10.8 Å². The van der Waals surface area contributed by atoms with Crippen LogP contribution in [-0.2, 0) is 28.5 Å². The maximum absolute atomic E-state index is 12.7. The van der Waals surface area contributed by atoms with Gasteiger partial charge in [0.2, 0.25) is 5.91 Å². The fraction of sp³-hybridized carbons (Fsp3) is 0.576. The SMILES string of the molecule is CC(C)OC[C@H]1O[C@@H](n2cc(C#CCNC(=O)COCCOC(COc3cccc(C(=O)NCCN)c3)N=[N+]=[N-])c(N)nc2=O)C[C@H]1OC(C)C. The highest BCUT2D eigenvalue weighted by Crippen LogP contribution is 2.31. The van der Waals surface area contributed by atoms with Gasteiger partial charge in [-0.25, -0.2) is 4.79 Å². The van der Waals surface area contributed by atoms with Crippen LogP contribution in [0.25, 0.3) is 10.4 Å². The minimum Gasteiger partial charge on any atom is -0.491 e. The van der Waals surface area contributed by atoms with Crippen molar-refractivity contribution >= 4 is 17.6 Å². The van der Waals surface area contributed by atoms with Crippen molar-refractivity contribution in [2.45, 2.75) is 71.0 Å². The number of carbonyl (C=O) groups is 2. The zero-order chi connectivity index (χ0) is 37.2. The minimum absolute atomic E-state index is 0.00417. The Morgan fingerprint density at radius 2 is 2.00 bits per heavy atom. The summed E-state index contributed by atoms with van der Waals surface area (Å²) in [6.45, 7) is 8.28. The van der Waals surface area contributed by atoms with E-state index < -0.39 is 24.1 Å². The monoisotopic (exact) mass is 713 g/mol.